The molecule has 35 heavy (non-hydrogen) atoms. The van der Waals surface area contributed by atoms with Crippen LogP contribution in [0.5, 0.6) is 0 Å². The Morgan fingerprint density at radius 3 is 2.71 bits per heavy atom. The number of amides is 1. The summed E-state index contributed by atoms with van der Waals surface area (Å²) in [4.78, 5) is 30.6. The van der Waals surface area contributed by atoms with Crippen LogP contribution in [-0.2, 0) is 20.6 Å². The van der Waals surface area contributed by atoms with Crippen LogP contribution >= 0.6 is 11.6 Å². The van der Waals surface area contributed by atoms with Gasteiger partial charge in [0.2, 0.25) is 0 Å². The molecular formula is C25H27ClFN3O5. The van der Waals surface area contributed by atoms with Gasteiger partial charge in [0.15, 0.2) is 0 Å². The number of morpholine rings is 1. The number of ether oxygens (including phenoxy) is 3. The Morgan fingerprint density at radius 1 is 1.26 bits per heavy atom. The van der Waals surface area contributed by atoms with Crippen LogP contribution in [0.2, 0.25) is 5.02 Å². The first-order valence-electron chi connectivity index (χ1n) is 11.2. The van der Waals surface area contributed by atoms with Gasteiger partial charge in [-0.25, -0.2) is 19.0 Å². The van der Waals surface area contributed by atoms with Crippen molar-refractivity contribution in [1.82, 2.24) is 14.3 Å². The number of methoxy groups -OCH3 is 1. The molecule has 2 aromatic heterocycles. The first kappa shape index (κ1) is 24.9. The molecule has 3 heterocycles. The predicted octanol–water partition coefficient (Wildman–Crippen LogP) is 4.76. The lowest BCUT2D eigenvalue weighted by atomic mass is 10.0. The molecule has 0 unspecified atom stereocenters. The topological polar surface area (TPSA) is 82.4 Å². The minimum atomic E-state index is -0.629. The highest BCUT2D eigenvalue weighted by atomic mass is 35.5. The monoisotopic (exact) mass is 503 g/mol. The fraction of sp³-hybridized carbons (Fsp3) is 0.400. The average molecular weight is 504 g/mol. The van der Waals surface area contributed by atoms with Crippen molar-refractivity contribution < 1.29 is 28.2 Å². The van der Waals surface area contributed by atoms with Crippen LogP contribution in [0.25, 0.3) is 16.9 Å². The Labute approximate surface area is 207 Å². The average Bonchev–Trinajstić information content (AvgIpc) is 3.14. The number of imidazole rings is 1. The molecule has 3 aromatic rings. The lowest BCUT2D eigenvalue weighted by Gasteiger charge is -2.34. The van der Waals surface area contributed by atoms with Crippen LogP contribution in [0.15, 0.2) is 36.5 Å². The SMILES string of the molecule is COC(=O)c1ccc(-c2nc3cc(Cl)ccn3c2C[C@H]2CN(C(=O)OC(C)(C)C)CCO2)c(F)c1. The maximum atomic E-state index is 15.1. The summed E-state index contributed by atoms with van der Waals surface area (Å²) in [5.41, 5.74) is 1.36. The smallest absolute Gasteiger partial charge is 0.410 e. The largest absolute Gasteiger partial charge is 0.465 e. The highest BCUT2D eigenvalue weighted by molar-refractivity contribution is 6.30. The normalized spacial score (nSPS) is 16.4. The quantitative estimate of drug-likeness (QED) is 0.477. The summed E-state index contributed by atoms with van der Waals surface area (Å²) >= 11 is 6.17. The molecule has 0 saturated carbocycles. The molecule has 10 heteroatoms. The number of esters is 1. The first-order chi connectivity index (χ1) is 16.6. The molecule has 1 aliphatic rings. The number of hydrogen-bond donors (Lipinski definition) is 0. The second-order valence-corrected chi connectivity index (χ2v) is 9.73. The molecule has 1 amide bonds. The van der Waals surface area contributed by atoms with Crippen LogP contribution in [-0.4, -0.2) is 64.9 Å². The van der Waals surface area contributed by atoms with E-state index in [0.717, 1.165) is 6.07 Å². The number of halogens is 2. The van der Waals surface area contributed by atoms with Gasteiger partial charge in [0.05, 0.1) is 43.3 Å². The van der Waals surface area contributed by atoms with Gasteiger partial charge in [-0.05, 0) is 45.0 Å². The summed E-state index contributed by atoms with van der Waals surface area (Å²) in [7, 11) is 1.24. The third kappa shape index (κ3) is 5.57. The Hall–Kier alpha value is -3.17. The van der Waals surface area contributed by atoms with Gasteiger partial charge in [0.1, 0.15) is 17.1 Å². The summed E-state index contributed by atoms with van der Waals surface area (Å²) in [5.74, 6) is -1.24. The van der Waals surface area contributed by atoms with Crippen molar-refractivity contribution in [2.45, 2.75) is 38.9 Å². The Kier molecular flexibility index (Phi) is 7.00. The summed E-state index contributed by atoms with van der Waals surface area (Å²) in [5, 5.41) is 0.493. The summed E-state index contributed by atoms with van der Waals surface area (Å²) in [6, 6.07) is 7.53. The van der Waals surface area contributed by atoms with E-state index in [1.54, 1.807) is 23.2 Å². The zero-order valence-electron chi connectivity index (χ0n) is 20.0. The van der Waals surface area contributed by atoms with Gasteiger partial charge in [0.25, 0.3) is 0 Å². The van der Waals surface area contributed by atoms with Gasteiger partial charge in [-0.1, -0.05) is 11.6 Å². The van der Waals surface area contributed by atoms with Crippen LogP contribution in [0.1, 0.15) is 36.8 Å². The van der Waals surface area contributed by atoms with Gasteiger partial charge >= 0.3 is 12.1 Å². The minimum absolute atomic E-state index is 0.103. The van der Waals surface area contributed by atoms with Gasteiger partial charge in [-0.15, -0.1) is 0 Å². The Bertz CT molecular complexity index is 1270. The number of benzene rings is 1. The number of hydrogen-bond acceptors (Lipinski definition) is 6. The van der Waals surface area contributed by atoms with Crippen molar-refractivity contribution in [2.75, 3.05) is 26.8 Å². The standard InChI is InChI=1S/C25H27ClFN3O5/c1-25(2,3)35-24(32)29-9-10-34-17(14-29)13-20-22(28-21-12-16(26)7-8-30(20)21)18-6-5-15(11-19(18)27)23(31)33-4/h5-8,11-12,17H,9-10,13-14H2,1-4H3/t17-/m0/s1. The third-order valence-electron chi connectivity index (χ3n) is 5.54. The molecule has 1 fully saturated rings. The molecule has 0 spiro atoms. The van der Waals surface area contributed by atoms with Crippen molar-refractivity contribution in [3.05, 3.63) is 58.6 Å². The third-order valence-corrected chi connectivity index (χ3v) is 5.78. The molecule has 0 bridgehead atoms. The van der Waals surface area contributed by atoms with E-state index < -0.39 is 23.5 Å². The van der Waals surface area contributed by atoms with E-state index in [1.165, 1.54) is 19.2 Å². The molecule has 0 aliphatic carbocycles. The highest BCUT2D eigenvalue weighted by Crippen LogP contribution is 2.30. The summed E-state index contributed by atoms with van der Waals surface area (Å²) in [6.07, 6.45) is 1.36. The van der Waals surface area contributed by atoms with E-state index >= 15 is 4.39 Å². The van der Waals surface area contributed by atoms with Crippen LogP contribution in [0.3, 0.4) is 0 Å². The summed E-state index contributed by atoms with van der Waals surface area (Å²) in [6.45, 7) is 6.55. The molecule has 1 aromatic carbocycles. The van der Waals surface area contributed by atoms with E-state index in [2.05, 4.69) is 9.72 Å². The fourth-order valence-electron chi connectivity index (χ4n) is 3.98. The number of fused-ring (bicyclic) bond motifs is 1. The number of carbonyl (C=O) groups excluding carboxylic acids is 2. The number of aromatic nitrogens is 2. The van der Waals surface area contributed by atoms with E-state index in [1.807, 2.05) is 25.2 Å². The lowest BCUT2D eigenvalue weighted by molar-refractivity contribution is -0.0418. The van der Waals surface area contributed by atoms with Crippen molar-refractivity contribution in [3.8, 4) is 11.3 Å². The van der Waals surface area contributed by atoms with Crippen LogP contribution in [0.4, 0.5) is 9.18 Å². The van der Waals surface area contributed by atoms with Crippen LogP contribution < -0.4 is 0 Å². The molecule has 0 radical (unpaired) electrons. The van der Waals surface area contributed by atoms with E-state index in [9.17, 15) is 9.59 Å². The van der Waals surface area contributed by atoms with Crippen molar-refractivity contribution >= 4 is 29.3 Å². The summed E-state index contributed by atoms with van der Waals surface area (Å²) < 4.78 is 33.1. The maximum absolute atomic E-state index is 15.1. The zero-order chi connectivity index (χ0) is 25.3. The van der Waals surface area contributed by atoms with Gasteiger partial charge in [-0.2, -0.15) is 0 Å². The number of rotatable bonds is 4. The van der Waals surface area contributed by atoms with Crippen molar-refractivity contribution in [2.24, 2.45) is 0 Å². The molecular weight excluding hydrogens is 477 g/mol. The molecule has 1 saturated heterocycles. The number of pyridine rings is 1. The van der Waals surface area contributed by atoms with Crippen molar-refractivity contribution in [1.29, 1.82) is 0 Å². The van der Waals surface area contributed by atoms with E-state index in [0.29, 0.717) is 48.2 Å². The second kappa shape index (κ2) is 9.83. The van der Waals surface area contributed by atoms with Gasteiger partial charge in [0, 0.05) is 35.8 Å². The van der Waals surface area contributed by atoms with E-state index in [-0.39, 0.29) is 17.2 Å². The Morgan fingerprint density at radius 2 is 2.03 bits per heavy atom. The maximum Gasteiger partial charge on any atom is 0.410 e. The second-order valence-electron chi connectivity index (χ2n) is 9.29. The number of carbonyl (C=O) groups is 2. The van der Waals surface area contributed by atoms with Gasteiger partial charge in [-0.3, -0.25) is 0 Å². The molecule has 8 nitrogen and oxygen atoms in total. The molecule has 1 atom stereocenters. The molecule has 0 N–H and O–H groups in total. The zero-order valence-corrected chi connectivity index (χ0v) is 20.8. The van der Waals surface area contributed by atoms with E-state index in [4.69, 9.17) is 21.1 Å². The first-order valence-corrected chi connectivity index (χ1v) is 11.6. The molecule has 1 aliphatic heterocycles. The Balaban J connectivity index is 1.68. The van der Waals surface area contributed by atoms with Crippen molar-refractivity contribution in [3.63, 3.8) is 0 Å². The lowest BCUT2D eigenvalue weighted by Crippen LogP contribution is -2.48. The minimum Gasteiger partial charge on any atom is -0.465 e. The fourth-order valence-corrected chi connectivity index (χ4v) is 4.14. The van der Waals surface area contributed by atoms with Gasteiger partial charge < -0.3 is 23.5 Å². The number of nitrogens with zero attached hydrogens (tertiary/aromatic N) is 3. The van der Waals surface area contributed by atoms with Crippen LogP contribution in [0, 0.1) is 5.82 Å². The predicted molar refractivity (Wildman–Crippen MR) is 128 cm³/mol. The molecule has 186 valence electrons. The molecule has 4 rings (SSSR count). The highest BCUT2D eigenvalue weighted by Gasteiger charge is 2.30.